The van der Waals surface area contributed by atoms with Crippen LogP contribution in [-0.2, 0) is 6.54 Å². The predicted molar refractivity (Wildman–Crippen MR) is 134 cm³/mol. The van der Waals surface area contributed by atoms with Gasteiger partial charge in [-0.25, -0.2) is 9.67 Å². The molecule has 14 heteroatoms. The molecule has 0 aliphatic rings. The first kappa shape index (κ1) is 26.9. The van der Waals surface area contributed by atoms with Gasteiger partial charge in [0.15, 0.2) is 5.82 Å². The zero-order chi connectivity index (χ0) is 27.8. The largest absolute Gasteiger partial charge is 0.480 e. The fourth-order valence-electron chi connectivity index (χ4n) is 3.83. The molecule has 0 unspecified atom stereocenters. The van der Waals surface area contributed by atoms with Crippen LogP contribution in [0, 0.1) is 6.92 Å². The Labute approximate surface area is 219 Å². The van der Waals surface area contributed by atoms with E-state index >= 15 is 0 Å². The number of carbonyl (C=O) groups excluding carboxylic acids is 2. The number of ether oxygens (including phenoxy) is 1. The highest BCUT2D eigenvalue weighted by molar-refractivity contribution is 6.32. The fraction of sp³-hybridized carbons (Fsp3) is 0.292. The maximum atomic E-state index is 13.5. The van der Waals surface area contributed by atoms with Crippen LogP contribution in [0.4, 0.5) is 18.9 Å². The van der Waals surface area contributed by atoms with Gasteiger partial charge in [0.1, 0.15) is 17.8 Å². The van der Waals surface area contributed by atoms with Gasteiger partial charge in [0.2, 0.25) is 5.88 Å². The molecule has 1 aromatic carbocycles. The minimum Gasteiger partial charge on any atom is -0.480 e. The van der Waals surface area contributed by atoms with Gasteiger partial charge < -0.3 is 15.4 Å². The first-order valence-electron chi connectivity index (χ1n) is 11.3. The minimum atomic E-state index is -4.52. The Morgan fingerprint density at radius 1 is 1.18 bits per heavy atom. The topological polar surface area (TPSA) is 116 Å². The number of fused-ring (bicyclic) bond motifs is 1. The van der Waals surface area contributed by atoms with Gasteiger partial charge in [-0.1, -0.05) is 11.6 Å². The van der Waals surface area contributed by atoms with Gasteiger partial charge in [-0.05, 0) is 44.5 Å². The van der Waals surface area contributed by atoms with Crippen molar-refractivity contribution in [2.24, 2.45) is 0 Å². The minimum absolute atomic E-state index is 0.00663. The van der Waals surface area contributed by atoms with E-state index < -0.39 is 24.5 Å². The Balaban J connectivity index is 1.84. The Morgan fingerprint density at radius 2 is 1.92 bits per heavy atom. The third-order valence-corrected chi connectivity index (χ3v) is 5.63. The van der Waals surface area contributed by atoms with Gasteiger partial charge in [-0.3, -0.25) is 14.3 Å². The summed E-state index contributed by atoms with van der Waals surface area (Å²) in [4.78, 5) is 30.9. The molecule has 0 fully saturated rings. The molecule has 38 heavy (non-hydrogen) atoms. The summed E-state index contributed by atoms with van der Waals surface area (Å²) in [6.45, 7) is 3.74. The molecule has 4 rings (SSSR count). The van der Waals surface area contributed by atoms with E-state index in [9.17, 15) is 22.8 Å². The summed E-state index contributed by atoms with van der Waals surface area (Å²) < 4.78 is 46.2. The molecule has 2 N–H and O–H groups in total. The molecule has 0 radical (unpaired) electrons. The van der Waals surface area contributed by atoms with E-state index in [0.717, 1.165) is 0 Å². The van der Waals surface area contributed by atoms with Crippen molar-refractivity contribution in [3.63, 3.8) is 0 Å². The lowest BCUT2D eigenvalue weighted by Gasteiger charge is -2.16. The van der Waals surface area contributed by atoms with Crippen molar-refractivity contribution in [1.82, 2.24) is 29.9 Å². The zero-order valence-corrected chi connectivity index (χ0v) is 21.5. The number of rotatable bonds is 7. The summed E-state index contributed by atoms with van der Waals surface area (Å²) in [6, 6.07) is 5.80. The Bertz CT molecular complexity index is 1530. The van der Waals surface area contributed by atoms with Crippen molar-refractivity contribution in [3.8, 4) is 11.7 Å². The van der Waals surface area contributed by atoms with E-state index in [2.05, 4.69) is 25.8 Å². The average molecular weight is 550 g/mol. The monoisotopic (exact) mass is 549 g/mol. The fourth-order valence-corrected chi connectivity index (χ4v) is 4.03. The molecule has 0 aliphatic carbocycles. The number of halogens is 4. The van der Waals surface area contributed by atoms with E-state index in [-0.39, 0.29) is 45.2 Å². The van der Waals surface area contributed by atoms with Gasteiger partial charge in [0.05, 0.1) is 23.4 Å². The lowest BCUT2D eigenvalue weighted by molar-refractivity contribution is -0.142. The molecule has 4 aromatic rings. The summed E-state index contributed by atoms with van der Waals surface area (Å²) in [5.41, 5.74) is 0.431. The first-order valence-corrected chi connectivity index (χ1v) is 11.7. The number of nitrogens with zero attached hydrogens (tertiary/aromatic N) is 5. The molecule has 0 atom stereocenters. The highest BCUT2D eigenvalue weighted by Crippen LogP contribution is 2.31. The number of aryl methyl sites for hydroxylation is 1. The molecule has 0 bridgehead atoms. The highest BCUT2D eigenvalue weighted by atomic mass is 35.5. The van der Waals surface area contributed by atoms with Crippen LogP contribution < -0.4 is 15.4 Å². The third kappa shape index (κ3) is 5.57. The van der Waals surface area contributed by atoms with Crippen molar-refractivity contribution >= 4 is 40.0 Å². The SMILES string of the molecule is COc1cc(C(=O)Nc2c(C)cc3cn(CC(F)(F)F)nc3c2C(=O)NC(C)C)n(-c2ncccc2Cl)n1. The smallest absolute Gasteiger partial charge is 0.408 e. The molecule has 3 aromatic heterocycles. The summed E-state index contributed by atoms with van der Waals surface area (Å²) in [6.07, 6.45) is -1.84. The van der Waals surface area contributed by atoms with Crippen LogP contribution in [0.2, 0.25) is 5.02 Å². The number of methoxy groups -OCH3 is 1. The number of anilines is 1. The maximum Gasteiger partial charge on any atom is 0.408 e. The molecule has 0 spiro atoms. The summed E-state index contributed by atoms with van der Waals surface area (Å²) in [5.74, 6) is -1.04. The number of aromatic nitrogens is 5. The number of amides is 2. The van der Waals surface area contributed by atoms with Crippen molar-refractivity contribution < 1.29 is 27.5 Å². The Morgan fingerprint density at radius 3 is 2.55 bits per heavy atom. The summed E-state index contributed by atoms with van der Waals surface area (Å²) >= 11 is 6.26. The lowest BCUT2D eigenvalue weighted by atomic mass is 10.0. The van der Waals surface area contributed by atoms with Gasteiger partial charge in [-0.2, -0.15) is 18.3 Å². The van der Waals surface area contributed by atoms with Crippen LogP contribution in [-0.4, -0.2) is 55.7 Å². The second-order valence-electron chi connectivity index (χ2n) is 8.70. The van der Waals surface area contributed by atoms with E-state index in [1.165, 1.54) is 30.3 Å². The molecule has 3 heterocycles. The predicted octanol–water partition coefficient (Wildman–Crippen LogP) is 4.54. The van der Waals surface area contributed by atoms with Crippen molar-refractivity contribution in [3.05, 3.63) is 58.5 Å². The Hall–Kier alpha value is -4.13. The number of carbonyl (C=O) groups is 2. The molecule has 2 amide bonds. The molecule has 10 nitrogen and oxygen atoms in total. The quantitative estimate of drug-likeness (QED) is 0.350. The van der Waals surface area contributed by atoms with E-state index in [1.54, 1.807) is 39.0 Å². The Kier molecular flexibility index (Phi) is 7.31. The third-order valence-electron chi connectivity index (χ3n) is 5.34. The van der Waals surface area contributed by atoms with Crippen LogP contribution in [0.15, 0.2) is 36.7 Å². The van der Waals surface area contributed by atoms with Crippen LogP contribution in [0.25, 0.3) is 16.7 Å². The number of hydrogen-bond donors (Lipinski definition) is 2. The van der Waals surface area contributed by atoms with E-state index in [4.69, 9.17) is 16.3 Å². The summed E-state index contributed by atoms with van der Waals surface area (Å²) in [7, 11) is 1.37. The number of nitrogens with one attached hydrogen (secondary N) is 2. The van der Waals surface area contributed by atoms with Gasteiger partial charge in [0.25, 0.3) is 11.8 Å². The zero-order valence-electron chi connectivity index (χ0n) is 20.7. The van der Waals surface area contributed by atoms with Crippen LogP contribution in [0.1, 0.15) is 40.3 Å². The number of pyridine rings is 1. The first-order chi connectivity index (χ1) is 17.9. The van der Waals surface area contributed by atoms with Crippen LogP contribution in [0.5, 0.6) is 5.88 Å². The van der Waals surface area contributed by atoms with E-state index in [1.807, 2.05) is 0 Å². The summed E-state index contributed by atoms with van der Waals surface area (Å²) in [5, 5.41) is 14.2. The van der Waals surface area contributed by atoms with Crippen molar-refractivity contribution in [1.29, 1.82) is 0 Å². The molecule has 200 valence electrons. The molecular weight excluding hydrogens is 527 g/mol. The van der Waals surface area contributed by atoms with E-state index in [0.29, 0.717) is 15.6 Å². The van der Waals surface area contributed by atoms with Gasteiger partial charge in [-0.15, -0.1) is 5.10 Å². The highest BCUT2D eigenvalue weighted by Gasteiger charge is 2.30. The van der Waals surface area contributed by atoms with Gasteiger partial charge in [0, 0.05) is 29.9 Å². The lowest BCUT2D eigenvalue weighted by Crippen LogP contribution is -2.31. The number of alkyl halides is 3. The van der Waals surface area contributed by atoms with Gasteiger partial charge >= 0.3 is 6.18 Å². The molecule has 0 saturated heterocycles. The normalized spacial score (nSPS) is 11.7. The molecule has 0 aliphatic heterocycles. The standard InChI is InChI=1S/C24H23ClF3N7O3/c1-12(2)30-23(37)18-19(13(3)8-14-10-34(33-20(14)18)11-24(26,27)28)31-22(36)16-9-17(38-4)32-35(16)21-15(25)6-5-7-29-21/h5-10,12H,11H2,1-4H3,(H,30,37)(H,31,36). The van der Waals surface area contributed by atoms with Crippen molar-refractivity contribution in [2.45, 2.75) is 39.5 Å². The van der Waals surface area contributed by atoms with Crippen LogP contribution in [0.3, 0.4) is 0 Å². The molecule has 0 saturated carbocycles. The molecular formula is C24H23ClF3N7O3. The average Bonchev–Trinajstić information content (AvgIpc) is 3.41. The number of benzene rings is 1. The van der Waals surface area contributed by atoms with Crippen molar-refractivity contribution in [2.75, 3.05) is 12.4 Å². The second kappa shape index (κ2) is 10.3. The number of hydrogen-bond acceptors (Lipinski definition) is 6. The second-order valence-corrected chi connectivity index (χ2v) is 9.11. The maximum absolute atomic E-state index is 13.5. The van der Waals surface area contributed by atoms with Crippen LogP contribution >= 0.6 is 11.6 Å².